The first-order valence-corrected chi connectivity index (χ1v) is 7.80. The fraction of sp³-hybridized carbons (Fsp3) is 0.375. The van der Waals surface area contributed by atoms with Crippen LogP contribution in [0.5, 0.6) is 0 Å². The number of nitrogens with zero attached hydrogens (tertiary/aromatic N) is 4. The number of nitrogens with one attached hydrogen (secondary N) is 1. The van der Waals surface area contributed by atoms with Crippen molar-refractivity contribution in [3.8, 4) is 0 Å². The minimum atomic E-state index is -0.0323. The lowest BCUT2D eigenvalue weighted by Gasteiger charge is -2.29. The van der Waals surface area contributed by atoms with Gasteiger partial charge < -0.3 is 9.73 Å². The summed E-state index contributed by atoms with van der Waals surface area (Å²) in [6.07, 6.45) is 8.72. The molecule has 7 heteroatoms. The highest BCUT2D eigenvalue weighted by atomic mass is 16.3. The van der Waals surface area contributed by atoms with E-state index in [-0.39, 0.29) is 11.6 Å². The van der Waals surface area contributed by atoms with Crippen molar-refractivity contribution in [2.24, 2.45) is 0 Å². The summed E-state index contributed by atoms with van der Waals surface area (Å²) in [5.41, 5.74) is 0.707. The molecule has 0 radical (unpaired) electrons. The Morgan fingerprint density at radius 3 is 2.91 bits per heavy atom. The van der Waals surface area contributed by atoms with Gasteiger partial charge in [0.25, 0.3) is 5.56 Å². The van der Waals surface area contributed by atoms with E-state index in [9.17, 15) is 4.79 Å². The molecule has 118 valence electrons. The Morgan fingerprint density at radius 2 is 2.09 bits per heavy atom. The fourth-order valence-corrected chi connectivity index (χ4v) is 3.20. The third kappa shape index (κ3) is 2.69. The van der Waals surface area contributed by atoms with Crippen LogP contribution < -0.4 is 10.9 Å². The highest BCUT2D eigenvalue weighted by molar-refractivity contribution is 5.85. The van der Waals surface area contributed by atoms with E-state index in [1.165, 1.54) is 0 Å². The summed E-state index contributed by atoms with van der Waals surface area (Å²) in [4.78, 5) is 11.9. The molecular formula is C16H17N5O2. The Labute approximate surface area is 132 Å². The second-order valence-corrected chi connectivity index (χ2v) is 5.85. The maximum atomic E-state index is 11.9. The van der Waals surface area contributed by atoms with E-state index in [4.69, 9.17) is 4.42 Å². The molecule has 3 aromatic rings. The van der Waals surface area contributed by atoms with Crippen LogP contribution >= 0.6 is 0 Å². The zero-order valence-electron chi connectivity index (χ0n) is 12.6. The van der Waals surface area contributed by atoms with E-state index < -0.39 is 0 Å². The molecule has 23 heavy (non-hydrogen) atoms. The van der Waals surface area contributed by atoms with Gasteiger partial charge in [-0.15, -0.1) is 5.10 Å². The Balaban J connectivity index is 1.45. The molecule has 0 amide bonds. The van der Waals surface area contributed by atoms with Crippen LogP contribution in [0.3, 0.4) is 0 Å². The molecule has 0 spiro atoms. The van der Waals surface area contributed by atoms with Crippen molar-refractivity contribution in [3.63, 3.8) is 0 Å². The molecule has 1 saturated carbocycles. The predicted molar refractivity (Wildman–Crippen MR) is 85.2 cm³/mol. The third-order valence-electron chi connectivity index (χ3n) is 4.39. The van der Waals surface area contributed by atoms with Gasteiger partial charge >= 0.3 is 0 Å². The van der Waals surface area contributed by atoms with Gasteiger partial charge in [0, 0.05) is 23.7 Å². The van der Waals surface area contributed by atoms with Gasteiger partial charge in [-0.3, -0.25) is 4.79 Å². The molecule has 3 aromatic heterocycles. The number of fused-ring (bicyclic) bond motifs is 1. The largest absolute Gasteiger partial charge is 0.460 e. The smallest absolute Gasteiger partial charge is 0.266 e. The molecule has 0 saturated heterocycles. The Kier molecular flexibility index (Phi) is 3.53. The first-order valence-electron chi connectivity index (χ1n) is 7.80. The maximum Gasteiger partial charge on any atom is 0.266 e. The predicted octanol–water partition coefficient (Wildman–Crippen LogP) is 2.38. The van der Waals surface area contributed by atoms with Gasteiger partial charge in [-0.2, -0.15) is 10.2 Å². The van der Waals surface area contributed by atoms with E-state index >= 15 is 0 Å². The van der Waals surface area contributed by atoms with Crippen molar-refractivity contribution >= 4 is 16.8 Å². The minimum Gasteiger partial charge on any atom is -0.460 e. The number of hydrogen-bond donors (Lipinski definition) is 1. The Morgan fingerprint density at radius 1 is 1.22 bits per heavy atom. The summed E-state index contributed by atoms with van der Waals surface area (Å²) in [5, 5.41) is 16.7. The van der Waals surface area contributed by atoms with Gasteiger partial charge in [0.1, 0.15) is 0 Å². The highest BCUT2D eigenvalue weighted by Crippen LogP contribution is 2.30. The van der Waals surface area contributed by atoms with Crippen molar-refractivity contribution in [1.29, 1.82) is 0 Å². The summed E-state index contributed by atoms with van der Waals surface area (Å²) in [7, 11) is 0. The van der Waals surface area contributed by atoms with Crippen LogP contribution in [0.25, 0.3) is 11.0 Å². The molecular weight excluding hydrogens is 294 g/mol. The monoisotopic (exact) mass is 311 g/mol. The van der Waals surface area contributed by atoms with Crippen LogP contribution in [0, 0.1) is 0 Å². The topological polar surface area (TPSA) is 85.8 Å². The summed E-state index contributed by atoms with van der Waals surface area (Å²) in [6, 6.07) is 5.58. The van der Waals surface area contributed by atoms with Gasteiger partial charge in [0.15, 0.2) is 11.4 Å². The Bertz CT molecular complexity index is 864. The molecule has 1 N–H and O–H groups in total. The summed E-state index contributed by atoms with van der Waals surface area (Å²) >= 11 is 0. The number of rotatable bonds is 3. The third-order valence-corrected chi connectivity index (χ3v) is 4.39. The van der Waals surface area contributed by atoms with Crippen molar-refractivity contribution in [1.82, 2.24) is 20.0 Å². The molecule has 0 aliphatic heterocycles. The van der Waals surface area contributed by atoms with E-state index in [1.54, 1.807) is 35.5 Å². The second-order valence-electron chi connectivity index (χ2n) is 5.85. The molecule has 1 fully saturated rings. The van der Waals surface area contributed by atoms with Gasteiger partial charge in [0.05, 0.1) is 18.5 Å². The normalized spacial score (nSPS) is 21.4. The fourth-order valence-electron chi connectivity index (χ4n) is 3.20. The number of furan rings is 1. The summed E-state index contributed by atoms with van der Waals surface area (Å²) < 4.78 is 7.08. The lowest BCUT2D eigenvalue weighted by atomic mass is 9.91. The minimum absolute atomic E-state index is 0.0323. The molecule has 0 unspecified atom stereocenters. The van der Waals surface area contributed by atoms with E-state index in [2.05, 4.69) is 20.6 Å². The van der Waals surface area contributed by atoms with Crippen LogP contribution in [-0.4, -0.2) is 26.0 Å². The number of aromatic nitrogens is 4. The molecule has 4 rings (SSSR count). The Hall–Kier alpha value is -2.70. The van der Waals surface area contributed by atoms with E-state index in [1.807, 2.05) is 6.07 Å². The lowest BCUT2D eigenvalue weighted by molar-refractivity contribution is 0.303. The van der Waals surface area contributed by atoms with Crippen molar-refractivity contribution in [3.05, 3.63) is 47.2 Å². The molecule has 1 aliphatic carbocycles. The SMILES string of the molecule is O=c1cccnn1C1CCC(Nc2nncc3ccoc23)CC1. The van der Waals surface area contributed by atoms with Crippen molar-refractivity contribution in [2.45, 2.75) is 37.8 Å². The zero-order valence-corrected chi connectivity index (χ0v) is 12.6. The summed E-state index contributed by atoms with van der Waals surface area (Å²) in [5.74, 6) is 0.686. The van der Waals surface area contributed by atoms with Crippen LogP contribution in [0.15, 0.2) is 46.1 Å². The van der Waals surface area contributed by atoms with Crippen LogP contribution in [-0.2, 0) is 0 Å². The summed E-state index contributed by atoms with van der Waals surface area (Å²) in [6.45, 7) is 0. The lowest BCUT2D eigenvalue weighted by Crippen LogP contribution is -2.33. The van der Waals surface area contributed by atoms with E-state index in [0.717, 1.165) is 36.7 Å². The van der Waals surface area contributed by atoms with Crippen molar-refractivity contribution < 1.29 is 4.42 Å². The highest BCUT2D eigenvalue weighted by Gasteiger charge is 2.24. The standard InChI is InChI=1S/C16H17N5O2/c22-14-2-1-8-18-21(14)13-5-3-12(4-6-13)19-16-15-11(7-9-23-15)10-17-20-16/h1-2,7-10,12-13H,3-6H2,(H,19,20). The van der Waals surface area contributed by atoms with Crippen LogP contribution in [0.1, 0.15) is 31.7 Å². The van der Waals surface area contributed by atoms with Gasteiger partial charge in [-0.25, -0.2) is 4.68 Å². The average Bonchev–Trinajstić information content (AvgIpc) is 3.06. The zero-order chi connectivity index (χ0) is 15.6. The van der Waals surface area contributed by atoms with Gasteiger partial charge in [-0.05, 0) is 37.8 Å². The van der Waals surface area contributed by atoms with E-state index in [0.29, 0.717) is 11.9 Å². The number of anilines is 1. The quantitative estimate of drug-likeness (QED) is 0.799. The average molecular weight is 311 g/mol. The van der Waals surface area contributed by atoms with Gasteiger partial charge in [-0.1, -0.05) is 0 Å². The van der Waals surface area contributed by atoms with Crippen LogP contribution in [0.2, 0.25) is 0 Å². The first-order chi connectivity index (χ1) is 11.3. The van der Waals surface area contributed by atoms with Gasteiger partial charge in [0.2, 0.25) is 0 Å². The molecule has 7 nitrogen and oxygen atoms in total. The van der Waals surface area contributed by atoms with Crippen molar-refractivity contribution in [2.75, 3.05) is 5.32 Å². The molecule has 0 bridgehead atoms. The molecule has 0 atom stereocenters. The molecule has 1 aliphatic rings. The second kappa shape index (κ2) is 5.83. The molecule has 0 aromatic carbocycles. The maximum absolute atomic E-state index is 11.9. The number of hydrogen-bond acceptors (Lipinski definition) is 6. The molecule has 3 heterocycles. The first kappa shape index (κ1) is 13.9. The van der Waals surface area contributed by atoms with Crippen LogP contribution in [0.4, 0.5) is 5.82 Å².